The predicted octanol–water partition coefficient (Wildman–Crippen LogP) is 3.00. The Hall–Kier alpha value is -2.17. The minimum Gasteiger partial charge on any atom is -0.379 e. The van der Waals surface area contributed by atoms with E-state index in [2.05, 4.69) is 46.7 Å². The zero-order chi connectivity index (χ0) is 22.2. The topological polar surface area (TPSA) is 69.2 Å². The lowest BCUT2D eigenvalue weighted by Crippen LogP contribution is -2.44. The van der Waals surface area contributed by atoms with Crippen molar-refractivity contribution in [1.82, 2.24) is 15.5 Å². The number of morpholine rings is 1. The van der Waals surface area contributed by atoms with Crippen LogP contribution in [0.3, 0.4) is 0 Å². The van der Waals surface area contributed by atoms with E-state index in [4.69, 9.17) is 9.73 Å². The third kappa shape index (κ3) is 7.41. The van der Waals surface area contributed by atoms with Gasteiger partial charge in [0.05, 0.1) is 25.8 Å². The van der Waals surface area contributed by atoms with Gasteiger partial charge in [-0.15, -0.1) is 24.0 Å². The molecule has 33 heavy (non-hydrogen) atoms. The molecule has 2 fully saturated rings. The van der Waals surface area contributed by atoms with Crippen LogP contribution in [0.1, 0.15) is 24.5 Å². The summed E-state index contributed by atoms with van der Waals surface area (Å²) in [7, 11) is 0. The number of rotatable bonds is 7. The third-order valence-corrected chi connectivity index (χ3v) is 5.80. The highest BCUT2D eigenvalue weighted by Gasteiger charge is 2.31. The molecule has 1 amide bonds. The summed E-state index contributed by atoms with van der Waals surface area (Å²) in [5.74, 6) is 0.888. The zero-order valence-electron chi connectivity index (χ0n) is 19.2. The lowest BCUT2D eigenvalue weighted by atomic mass is 10.1. The second-order valence-corrected chi connectivity index (χ2v) is 8.29. The van der Waals surface area contributed by atoms with Crippen LogP contribution in [-0.4, -0.2) is 62.2 Å². The summed E-state index contributed by atoms with van der Waals surface area (Å²) >= 11 is 0. The maximum absolute atomic E-state index is 12.5. The molecule has 1 atom stereocenters. The summed E-state index contributed by atoms with van der Waals surface area (Å²) in [4.78, 5) is 21.6. The average Bonchev–Trinajstić information content (AvgIpc) is 3.19. The molecule has 2 aliphatic heterocycles. The van der Waals surface area contributed by atoms with Crippen molar-refractivity contribution in [1.29, 1.82) is 0 Å². The third-order valence-electron chi connectivity index (χ3n) is 5.80. The van der Waals surface area contributed by atoms with Crippen LogP contribution in [0.15, 0.2) is 59.6 Å². The van der Waals surface area contributed by atoms with Crippen LogP contribution in [0.4, 0.5) is 5.69 Å². The van der Waals surface area contributed by atoms with Gasteiger partial charge in [-0.2, -0.15) is 0 Å². The van der Waals surface area contributed by atoms with Crippen molar-refractivity contribution < 1.29 is 9.53 Å². The fraction of sp³-hybridized carbons (Fsp3) is 0.440. The van der Waals surface area contributed by atoms with E-state index in [1.165, 1.54) is 11.1 Å². The number of carbonyl (C=O) groups excluding carboxylic acids is 1. The molecule has 2 aliphatic rings. The van der Waals surface area contributed by atoms with Crippen LogP contribution in [0.25, 0.3) is 0 Å². The molecule has 2 heterocycles. The Morgan fingerprint density at radius 1 is 1.09 bits per heavy atom. The monoisotopic (exact) mass is 563 g/mol. The number of nitrogens with zero attached hydrogens (tertiary/aromatic N) is 3. The van der Waals surface area contributed by atoms with Gasteiger partial charge >= 0.3 is 0 Å². The Bertz CT molecular complexity index is 918. The Kier molecular flexibility index (Phi) is 9.95. The number of aliphatic imine (C=N–C) groups is 1. The largest absolute Gasteiger partial charge is 0.379 e. The van der Waals surface area contributed by atoms with Crippen LogP contribution < -0.4 is 15.5 Å². The SMILES string of the molecule is CCNC(=NCc1cccc(CN2CCOCC2)c1)NC1CC(=O)N(c2ccccc2)C1.I. The van der Waals surface area contributed by atoms with Gasteiger partial charge in [-0.1, -0.05) is 42.5 Å². The number of anilines is 1. The maximum atomic E-state index is 12.5. The van der Waals surface area contributed by atoms with Gasteiger partial charge in [-0.25, -0.2) is 4.99 Å². The maximum Gasteiger partial charge on any atom is 0.229 e. The summed E-state index contributed by atoms with van der Waals surface area (Å²) < 4.78 is 5.44. The number of guanidine groups is 1. The predicted molar refractivity (Wildman–Crippen MR) is 143 cm³/mol. The quantitative estimate of drug-likeness (QED) is 0.308. The van der Waals surface area contributed by atoms with Crippen LogP contribution in [0.2, 0.25) is 0 Å². The first-order valence-corrected chi connectivity index (χ1v) is 11.5. The van der Waals surface area contributed by atoms with Crippen molar-refractivity contribution in [2.45, 2.75) is 32.5 Å². The van der Waals surface area contributed by atoms with Crippen molar-refractivity contribution >= 4 is 41.5 Å². The number of amides is 1. The lowest BCUT2D eigenvalue weighted by Gasteiger charge is -2.26. The normalized spacial score (nSPS) is 19.3. The Morgan fingerprint density at radius 2 is 1.85 bits per heavy atom. The Balaban J connectivity index is 0.00000306. The summed E-state index contributed by atoms with van der Waals surface area (Å²) in [6.07, 6.45) is 0.467. The number of halogens is 1. The average molecular weight is 563 g/mol. The highest BCUT2D eigenvalue weighted by Crippen LogP contribution is 2.21. The van der Waals surface area contributed by atoms with Crippen molar-refractivity contribution in [3.05, 3.63) is 65.7 Å². The molecule has 2 aromatic rings. The molecule has 8 heteroatoms. The highest BCUT2D eigenvalue weighted by molar-refractivity contribution is 14.0. The van der Waals surface area contributed by atoms with Gasteiger partial charge in [0, 0.05) is 44.8 Å². The van der Waals surface area contributed by atoms with Gasteiger partial charge in [0.15, 0.2) is 5.96 Å². The molecule has 0 saturated carbocycles. The second kappa shape index (κ2) is 12.9. The van der Waals surface area contributed by atoms with Gasteiger partial charge in [-0.05, 0) is 30.2 Å². The number of hydrogen-bond acceptors (Lipinski definition) is 4. The van der Waals surface area contributed by atoms with Crippen molar-refractivity contribution in [3.63, 3.8) is 0 Å². The summed E-state index contributed by atoms with van der Waals surface area (Å²) in [5, 5.41) is 6.77. The van der Waals surface area contributed by atoms with Crippen molar-refractivity contribution in [2.75, 3.05) is 44.3 Å². The van der Waals surface area contributed by atoms with E-state index in [9.17, 15) is 4.79 Å². The van der Waals surface area contributed by atoms with E-state index in [0.29, 0.717) is 19.5 Å². The van der Waals surface area contributed by atoms with E-state index in [0.717, 1.165) is 51.0 Å². The van der Waals surface area contributed by atoms with Crippen LogP contribution in [-0.2, 0) is 22.6 Å². The molecule has 0 aliphatic carbocycles. The molecule has 0 bridgehead atoms. The smallest absolute Gasteiger partial charge is 0.229 e. The summed E-state index contributed by atoms with van der Waals surface area (Å²) in [5.41, 5.74) is 3.43. The first-order chi connectivity index (χ1) is 15.7. The minimum atomic E-state index is 0. The lowest BCUT2D eigenvalue weighted by molar-refractivity contribution is -0.117. The van der Waals surface area contributed by atoms with Crippen molar-refractivity contribution in [2.24, 2.45) is 4.99 Å². The molecule has 0 spiro atoms. The molecule has 4 rings (SSSR count). The van der Waals surface area contributed by atoms with E-state index < -0.39 is 0 Å². The molecule has 2 N–H and O–H groups in total. The second-order valence-electron chi connectivity index (χ2n) is 8.29. The van der Waals surface area contributed by atoms with Crippen molar-refractivity contribution in [3.8, 4) is 0 Å². The number of nitrogens with one attached hydrogen (secondary N) is 2. The first-order valence-electron chi connectivity index (χ1n) is 11.5. The first kappa shape index (κ1) is 25.5. The minimum absolute atomic E-state index is 0. The molecular weight excluding hydrogens is 529 g/mol. The van der Waals surface area contributed by atoms with E-state index >= 15 is 0 Å². The number of para-hydroxylation sites is 1. The van der Waals surface area contributed by atoms with Gasteiger partial charge in [0.2, 0.25) is 5.91 Å². The number of ether oxygens (including phenoxy) is 1. The molecular formula is C25H34IN5O2. The fourth-order valence-electron chi connectivity index (χ4n) is 4.19. The van der Waals surface area contributed by atoms with Gasteiger partial charge < -0.3 is 20.3 Å². The summed E-state index contributed by atoms with van der Waals surface area (Å²) in [6, 6.07) is 18.5. The number of hydrogen-bond donors (Lipinski definition) is 2. The Morgan fingerprint density at radius 3 is 2.61 bits per heavy atom. The molecule has 2 saturated heterocycles. The van der Waals surface area contributed by atoms with Gasteiger partial charge in [-0.3, -0.25) is 9.69 Å². The number of carbonyl (C=O) groups is 1. The van der Waals surface area contributed by atoms with Gasteiger partial charge in [0.25, 0.3) is 0 Å². The van der Waals surface area contributed by atoms with Crippen LogP contribution >= 0.6 is 24.0 Å². The molecule has 7 nitrogen and oxygen atoms in total. The molecule has 0 radical (unpaired) electrons. The van der Waals surface area contributed by atoms with Crippen LogP contribution in [0.5, 0.6) is 0 Å². The zero-order valence-corrected chi connectivity index (χ0v) is 21.5. The molecule has 1 unspecified atom stereocenters. The highest BCUT2D eigenvalue weighted by atomic mass is 127. The van der Waals surface area contributed by atoms with E-state index in [1.54, 1.807) is 0 Å². The standard InChI is InChI=1S/C25H33N5O2.HI/c1-2-26-25(28-22-16-24(31)30(19-22)23-9-4-3-5-10-23)27-17-20-7-6-8-21(15-20)18-29-11-13-32-14-12-29;/h3-10,15,22H,2,11-14,16-19H2,1H3,(H2,26,27,28);1H. The molecule has 2 aromatic carbocycles. The number of benzene rings is 2. The summed E-state index contributed by atoms with van der Waals surface area (Å²) in [6.45, 7) is 8.59. The Labute approximate surface area is 213 Å². The molecule has 178 valence electrons. The van der Waals surface area contributed by atoms with Crippen LogP contribution in [0, 0.1) is 0 Å². The van der Waals surface area contributed by atoms with Gasteiger partial charge in [0.1, 0.15) is 0 Å². The van der Waals surface area contributed by atoms with E-state index in [1.807, 2.05) is 35.2 Å². The molecule has 0 aromatic heterocycles. The van der Waals surface area contributed by atoms with E-state index in [-0.39, 0.29) is 35.9 Å². The fourth-order valence-corrected chi connectivity index (χ4v) is 4.19.